The number of ether oxygens (including phenoxy) is 1. The average Bonchev–Trinajstić information content (AvgIpc) is 1.87. The molecular weight excluding hydrogens is 280 g/mol. The zero-order valence-corrected chi connectivity index (χ0v) is 9.31. The molecule has 0 fully saturated rings. The third kappa shape index (κ3) is 4.53. The highest BCUT2D eigenvalue weighted by Gasteiger charge is 2.18. The quantitative estimate of drug-likeness (QED) is 0.440. The highest BCUT2D eigenvalue weighted by molar-refractivity contribution is 9.10. The highest BCUT2D eigenvalue weighted by Crippen LogP contribution is 2.05. The van der Waals surface area contributed by atoms with Gasteiger partial charge in [-0.1, -0.05) is 31.9 Å². The van der Waals surface area contributed by atoms with Crippen LogP contribution in [0.5, 0.6) is 0 Å². The van der Waals surface area contributed by atoms with Crippen molar-refractivity contribution < 1.29 is 14.3 Å². The Hall–Kier alpha value is 0.1000. The van der Waals surface area contributed by atoms with Crippen LogP contribution in [0.3, 0.4) is 0 Å². The molecule has 0 spiro atoms. The van der Waals surface area contributed by atoms with Crippen LogP contribution in [0.4, 0.5) is 0 Å². The molecule has 5 heteroatoms. The first-order valence-electron chi connectivity index (χ1n) is 2.98. The third-order valence-corrected chi connectivity index (χ3v) is 1.60. The van der Waals surface area contributed by atoms with E-state index in [1.807, 2.05) is 0 Å². The van der Waals surface area contributed by atoms with E-state index in [-0.39, 0.29) is 0 Å². The molecule has 0 aromatic rings. The lowest BCUT2D eigenvalue weighted by Gasteiger charge is -2.04. The lowest BCUT2D eigenvalue weighted by molar-refractivity contribution is -0.158. The van der Waals surface area contributed by atoms with E-state index in [0.717, 1.165) is 0 Å². The maximum absolute atomic E-state index is 10.7. The van der Waals surface area contributed by atoms with Crippen LogP contribution in [0.15, 0.2) is 0 Å². The summed E-state index contributed by atoms with van der Waals surface area (Å²) in [5.74, 6) is -1.14. The molecule has 0 heterocycles. The fourth-order valence-corrected chi connectivity index (χ4v) is 0.448. The van der Waals surface area contributed by atoms with Crippen LogP contribution >= 0.6 is 31.9 Å². The molecule has 0 aliphatic heterocycles. The van der Waals surface area contributed by atoms with Gasteiger partial charge in [-0.15, -0.1) is 0 Å². The van der Waals surface area contributed by atoms with E-state index >= 15 is 0 Å². The van der Waals surface area contributed by atoms with Crippen molar-refractivity contribution in [3.8, 4) is 0 Å². The summed E-state index contributed by atoms with van der Waals surface area (Å²) in [7, 11) is 0. The lowest BCUT2D eigenvalue weighted by atomic mass is 10.5. The van der Waals surface area contributed by atoms with Gasteiger partial charge in [0.2, 0.25) is 0 Å². The first kappa shape index (κ1) is 11.1. The van der Waals surface area contributed by atoms with Crippen LogP contribution < -0.4 is 0 Å². The van der Waals surface area contributed by atoms with Crippen molar-refractivity contribution in [1.29, 1.82) is 0 Å². The SMILES string of the molecule is C[C@H](Br)C(=O)OC(=O)[C@@H](C)Br. The normalized spacial score (nSPS) is 15.3. The molecular formula is C6H8Br2O3. The molecule has 3 nitrogen and oxygen atoms in total. The first-order chi connectivity index (χ1) is 4.95. The Morgan fingerprint density at radius 2 is 1.36 bits per heavy atom. The summed E-state index contributed by atoms with van der Waals surface area (Å²) in [6.07, 6.45) is 0. The number of esters is 2. The second-order valence-electron chi connectivity index (χ2n) is 1.97. The van der Waals surface area contributed by atoms with E-state index in [1.54, 1.807) is 13.8 Å². The highest BCUT2D eigenvalue weighted by atomic mass is 79.9. The third-order valence-electron chi connectivity index (χ3n) is 0.851. The molecule has 0 N–H and O–H groups in total. The van der Waals surface area contributed by atoms with Gasteiger partial charge < -0.3 is 4.74 Å². The van der Waals surface area contributed by atoms with Crippen molar-refractivity contribution in [2.24, 2.45) is 0 Å². The summed E-state index contributed by atoms with van der Waals surface area (Å²) in [6.45, 7) is 3.18. The minimum atomic E-state index is -0.568. The Balaban J connectivity index is 3.86. The van der Waals surface area contributed by atoms with Crippen molar-refractivity contribution in [3.63, 3.8) is 0 Å². The molecule has 0 saturated carbocycles. The van der Waals surface area contributed by atoms with Crippen molar-refractivity contribution >= 4 is 43.8 Å². The predicted octanol–water partition coefficient (Wildman–Crippen LogP) is 1.62. The van der Waals surface area contributed by atoms with Crippen molar-refractivity contribution in [1.82, 2.24) is 0 Å². The van der Waals surface area contributed by atoms with Crippen LogP contribution in [0, 0.1) is 0 Å². The Kier molecular flexibility index (Phi) is 4.92. The molecule has 0 radical (unpaired) electrons. The van der Waals surface area contributed by atoms with E-state index in [2.05, 4.69) is 36.6 Å². The second kappa shape index (κ2) is 4.87. The van der Waals surface area contributed by atoms with Crippen LogP contribution in [0.25, 0.3) is 0 Å². The zero-order valence-electron chi connectivity index (χ0n) is 6.14. The standard InChI is InChI=1S/C6H8Br2O3/c1-3(7)5(9)11-6(10)4(2)8/h3-4H,1-2H3/t3-,4+. The maximum atomic E-state index is 10.7. The number of hydrogen-bond acceptors (Lipinski definition) is 3. The number of carbonyl (C=O) groups is 2. The summed E-state index contributed by atoms with van der Waals surface area (Å²) in [6, 6.07) is 0. The number of carbonyl (C=O) groups excluding carboxylic acids is 2. The van der Waals surface area contributed by atoms with E-state index in [0.29, 0.717) is 0 Å². The van der Waals surface area contributed by atoms with Crippen LogP contribution in [-0.2, 0) is 14.3 Å². The summed E-state index contributed by atoms with van der Waals surface area (Å²) in [4.78, 5) is 20.6. The van der Waals surface area contributed by atoms with Crippen LogP contribution in [0.2, 0.25) is 0 Å². The predicted molar refractivity (Wildman–Crippen MR) is 47.9 cm³/mol. The average molecular weight is 288 g/mol. The van der Waals surface area contributed by atoms with Gasteiger partial charge in [-0.25, -0.2) is 0 Å². The van der Waals surface area contributed by atoms with Gasteiger partial charge in [-0.3, -0.25) is 9.59 Å². The van der Waals surface area contributed by atoms with Crippen LogP contribution in [0.1, 0.15) is 13.8 Å². The Bertz CT molecular complexity index is 147. The van der Waals surface area contributed by atoms with Gasteiger partial charge in [-0.05, 0) is 13.8 Å². The molecule has 0 aliphatic carbocycles. The monoisotopic (exact) mass is 286 g/mol. The molecule has 64 valence electrons. The molecule has 0 saturated heterocycles. The maximum Gasteiger partial charge on any atom is 0.327 e. The number of alkyl halides is 2. The van der Waals surface area contributed by atoms with Gasteiger partial charge in [0.25, 0.3) is 0 Å². The van der Waals surface area contributed by atoms with E-state index in [4.69, 9.17) is 0 Å². The molecule has 0 aliphatic rings. The van der Waals surface area contributed by atoms with Crippen molar-refractivity contribution in [2.75, 3.05) is 0 Å². The van der Waals surface area contributed by atoms with Gasteiger partial charge in [-0.2, -0.15) is 0 Å². The van der Waals surface area contributed by atoms with Gasteiger partial charge >= 0.3 is 11.9 Å². The molecule has 11 heavy (non-hydrogen) atoms. The van der Waals surface area contributed by atoms with E-state index in [1.165, 1.54) is 0 Å². The molecule has 0 aromatic carbocycles. The summed E-state index contributed by atoms with van der Waals surface area (Å²) >= 11 is 5.95. The largest absolute Gasteiger partial charge is 0.391 e. The number of rotatable bonds is 2. The smallest absolute Gasteiger partial charge is 0.327 e. The number of hydrogen-bond donors (Lipinski definition) is 0. The molecule has 0 unspecified atom stereocenters. The minimum absolute atomic E-state index is 0.447. The second-order valence-corrected chi connectivity index (χ2v) is 4.72. The lowest BCUT2D eigenvalue weighted by Crippen LogP contribution is -2.23. The zero-order chi connectivity index (χ0) is 9.02. The minimum Gasteiger partial charge on any atom is -0.391 e. The van der Waals surface area contributed by atoms with Gasteiger partial charge in [0.05, 0.1) is 0 Å². The molecule has 0 aromatic heterocycles. The first-order valence-corrected chi connectivity index (χ1v) is 4.82. The molecule has 0 rings (SSSR count). The number of halogens is 2. The van der Waals surface area contributed by atoms with Crippen molar-refractivity contribution in [2.45, 2.75) is 23.5 Å². The topological polar surface area (TPSA) is 43.4 Å². The molecule has 0 amide bonds. The van der Waals surface area contributed by atoms with Crippen molar-refractivity contribution in [3.05, 3.63) is 0 Å². The van der Waals surface area contributed by atoms with Crippen LogP contribution in [-0.4, -0.2) is 21.6 Å². The summed E-state index contributed by atoms with van der Waals surface area (Å²) < 4.78 is 4.40. The summed E-state index contributed by atoms with van der Waals surface area (Å²) in [5.41, 5.74) is 0. The summed E-state index contributed by atoms with van der Waals surface area (Å²) in [5, 5.41) is 0. The van der Waals surface area contributed by atoms with Gasteiger partial charge in [0.15, 0.2) is 0 Å². The van der Waals surface area contributed by atoms with Gasteiger partial charge in [0, 0.05) is 0 Å². The Labute approximate surface area is 81.7 Å². The molecule has 2 atom stereocenters. The van der Waals surface area contributed by atoms with E-state index in [9.17, 15) is 9.59 Å². The Morgan fingerprint density at radius 3 is 1.55 bits per heavy atom. The fourth-order valence-electron chi connectivity index (χ4n) is 0.262. The fraction of sp³-hybridized carbons (Fsp3) is 0.667. The Morgan fingerprint density at radius 1 is 1.09 bits per heavy atom. The van der Waals surface area contributed by atoms with E-state index < -0.39 is 21.6 Å². The van der Waals surface area contributed by atoms with Gasteiger partial charge in [0.1, 0.15) is 9.65 Å². The molecule has 0 bridgehead atoms.